The lowest BCUT2D eigenvalue weighted by atomic mass is 10.0. The van der Waals surface area contributed by atoms with E-state index in [9.17, 15) is 0 Å². The van der Waals surface area contributed by atoms with Crippen LogP contribution in [0.4, 0.5) is 0 Å². The molecule has 0 saturated heterocycles. The van der Waals surface area contributed by atoms with Gasteiger partial charge in [-0.2, -0.15) is 0 Å². The molecule has 0 heterocycles. The molecule has 0 aliphatic carbocycles. The molecule has 0 fully saturated rings. The van der Waals surface area contributed by atoms with Crippen LogP contribution in [0.1, 0.15) is 16.7 Å². The molecule has 0 radical (unpaired) electrons. The summed E-state index contributed by atoms with van der Waals surface area (Å²) in [7, 11) is 0. The second kappa shape index (κ2) is 5.93. The van der Waals surface area contributed by atoms with E-state index in [-0.39, 0.29) is 0 Å². The Kier molecular flexibility index (Phi) is 4.04. The normalized spacial score (nSPS) is 9.44. The topological polar surface area (TPSA) is 9.23 Å². The number of benzene rings is 2. The molecule has 0 atom stereocenters. The highest BCUT2D eigenvalue weighted by molar-refractivity contribution is 5.46. The Bertz CT molecular complexity index is 553. The van der Waals surface area contributed by atoms with Crippen LogP contribution in [0.3, 0.4) is 0 Å². The Hall–Kier alpha value is -2.20. The highest BCUT2D eigenvalue weighted by Crippen LogP contribution is 2.11. The molecule has 0 N–H and O–H groups in total. The monoisotopic (exact) mass is 236 g/mol. The van der Waals surface area contributed by atoms with Crippen molar-refractivity contribution in [2.75, 3.05) is 6.61 Å². The third-order valence-electron chi connectivity index (χ3n) is 2.75. The summed E-state index contributed by atoms with van der Waals surface area (Å²) in [4.78, 5) is 0. The van der Waals surface area contributed by atoms with Gasteiger partial charge in [0.15, 0.2) is 0 Å². The van der Waals surface area contributed by atoms with E-state index >= 15 is 0 Å². The summed E-state index contributed by atoms with van der Waals surface area (Å²) >= 11 is 0. The maximum atomic E-state index is 5.53. The fraction of sp³-hybridized carbons (Fsp3) is 0.176. The molecule has 0 unspecified atom stereocenters. The number of aryl methyl sites for hydroxylation is 2. The number of rotatable bonds is 2. The first-order chi connectivity index (χ1) is 8.77. The average Bonchev–Trinajstić information content (AvgIpc) is 2.38. The van der Waals surface area contributed by atoms with Crippen molar-refractivity contribution in [1.29, 1.82) is 0 Å². The van der Waals surface area contributed by atoms with E-state index in [1.54, 1.807) is 0 Å². The Balaban J connectivity index is 2.01. The molecule has 0 spiro atoms. The summed E-state index contributed by atoms with van der Waals surface area (Å²) < 4.78 is 5.53. The molecule has 0 saturated carbocycles. The Morgan fingerprint density at radius 3 is 2.22 bits per heavy atom. The van der Waals surface area contributed by atoms with Crippen LogP contribution in [-0.2, 0) is 0 Å². The summed E-state index contributed by atoms with van der Waals surface area (Å²) in [6.45, 7) is 4.57. The maximum absolute atomic E-state index is 5.53. The summed E-state index contributed by atoms with van der Waals surface area (Å²) in [5, 5.41) is 0. The fourth-order valence-corrected chi connectivity index (χ4v) is 1.77. The van der Waals surface area contributed by atoms with Crippen molar-refractivity contribution in [2.45, 2.75) is 13.8 Å². The van der Waals surface area contributed by atoms with Crippen LogP contribution >= 0.6 is 0 Å². The quantitative estimate of drug-likeness (QED) is 0.722. The van der Waals surface area contributed by atoms with Gasteiger partial charge in [-0.25, -0.2) is 0 Å². The van der Waals surface area contributed by atoms with E-state index in [1.165, 1.54) is 11.1 Å². The van der Waals surface area contributed by atoms with Crippen molar-refractivity contribution in [3.63, 3.8) is 0 Å². The molecular weight excluding hydrogens is 220 g/mol. The van der Waals surface area contributed by atoms with Gasteiger partial charge in [0.1, 0.15) is 12.4 Å². The number of hydrogen-bond donors (Lipinski definition) is 0. The Morgan fingerprint density at radius 2 is 1.56 bits per heavy atom. The number of hydrogen-bond acceptors (Lipinski definition) is 1. The van der Waals surface area contributed by atoms with Gasteiger partial charge in [-0.3, -0.25) is 0 Å². The minimum atomic E-state index is 0.414. The van der Waals surface area contributed by atoms with Crippen molar-refractivity contribution < 1.29 is 4.74 Å². The van der Waals surface area contributed by atoms with Crippen molar-refractivity contribution in [3.05, 3.63) is 65.2 Å². The van der Waals surface area contributed by atoms with Crippen molar-refractivity contribution in [2.24, 2.45) is 0 Å². The lowest BCUT2D eigenvalue weighted by Crippen LogP contribution is -1.94. The molecule has 1 nitrogen and oxygen atoms in total. The summed E-state index contributed by atoms with van der Waals surface area (Å²) in [6, 6.07) is 15.9. The molecule has 90 valence electrons. The van der Waals surface area contributed by atoms with E-state index in [0.29, 0.717) is 6.61 Å². The van der Waals surface area contributed by atoms with Gasteiger partial charge in [-0.1, -0.05) is 48.2 Å². The van der Waals surface area contributed by atoms with E-state index in [1.807, 2.05) is 30.3 Å². The molecule has 0 aliphatic heterocycles. The first-order valence-electron chi connectivity index (χ1n) is 6.00. The van der Waals surface area contributed by atoms with Gasteiger partial charge in [0.05, 0.1) is 0 Å². The molecule has 2 aromatic rings. The van der Waals surface area contributed by atoms with Gasteiger partial charge >= 0.3 is 0 Å². The fourth-order valence-electron chi connectivity index (χ4n) is 1.77. The molecule has 0 bridgehead atoms. The highest BCUT2D eigenvalue weighted by atomic mass is 16.5. The molecule has 0 aliphatic rings. The lowest BCUT2D eigenvalue weighted by Gasteiger charge is -2.02. The van der Waals surface area contributed by atoms with Crippen LogP contribution in [0.5, 0.6) is 5.75 Å². The van der Waals surface area contributed by atoms with Crippen molar-refractivity contribution >= 4 is 0 Å². The Morgan fingerprint density at radius 1 is 0.889 bits per heavy atom. The van der Waals surface area contributed by atoms with Crippen LogP contribution in [0.25, 0.3) is 0 Å². The molecule has 0 aromatic heterocycles. The largest absolute Gasteiger partial charge is 0.481 e. The zero-order valence-electron chi connectivity index (χ0n) is 10.7. The van der Waals surface area contributed by atoms with E-state index in [0.717, 1.165) is 11.3 Å². The van der Waals surface area contributed by atoms with Gasteiger partial charge in [-0.15, -0.1) is 0 Å². The summed E-state index contributed by atoms with van der Waals surface area (Å²) in [6.07, 6.45) is 0. The standard InChI is InChI=1S/C17H16O/c1-14-8-6-9-15(2)17(14)12-7-13-18-16-10-4-3-5-11-16/h3-6,8-11H,13H2,1-2H3. The smallest absolute Gasteiger partial charge is 0.149 e. The second-order valence-corrected chi connectivity index (χ2v) is 4.17. The van der Waals surface area contributed by atoms with Gasteiger partial charge in [-0.05, 0) is 37.1 Å². The highest BCUT2D eigenvalue weighted by Gasteiger charge is 1.96. The van der Waals surface area contributed by atoms with Crippen LogP contribution < -0.4 is 4.74 Å². The van der Waals surface area contributed by atoms with E-state index < -0.39 is 0 Å². The van der Waals surface area contributed by atoms with Crippen molar-refractivity contribution in [3.8, 4) is 17.6 Å². The van der Waals surface area contributed by atoms with Crippen molar-refractivity contribution in [1.82, 2.24) is 0 Å². The minimum Gasteiger partial charge on any atom is -0.481 e. The molecule has 2 aromatic carbocycles. The van der Waals surface area contributed by atoms with Gasteiger partial charge in [0.25, 0.3) is 0 Å². The summed E-state index contributed by atoms with van der Waals surface area (Å²) in [5.74, 6) is 7.09. The average molecular weight is 236 g/mol. The van der Waals surface area contributed by atoms with Gasteiger partial charge in [0, 0.05) is 5.56 Å². The lowest BCUT2D eigenvalue weighted by molar-refractivity contribution is 0.370. The van der Waals surface area contributed by atoms with Crippen LogP contribution in [0, 0.1) is 25.7 Å². The minimum absolute atomic E-state index is 0.414. The van der Waals surface area contributed by atoms with E-state index in [4.69, 9.17) is 4.74 Å². The third-order valence-corrected chi connectivity index (χ3v) is 2.75. The SMILES string of the molecule is Cc1cccc(C)c1C#CCOc1ccccc1. The zero-order valence-corrected chi connectivity index (χ0v) is 10.7. The molecular formula is C17H16O. The first-order valence-corrected chi connectivity index (χ1v) is 6.00. The first kappa shape index (κ1) is 12.3. The van der Waals surface area contributed by atoms with Gasteiger partial charge in [0.2, 0.25) is 0 Å². The van der Waals surface area contributed by atoms with E-state index in [2.05, 4.69) is 43.9 Å². The maximum Gasteiger partial charge on any atom is 0.149 e. The number of para-hydroxylation sites is 1. The molecule has 0 amide bonds. The second-order valence-electron chi connectivity index (χ2n) is 4.17. The van der Waals surface area contributed by atoms with Gasteiger partial charge < -0.3 is 4.74 Å². The predicted octanol–water partition coefficient (Wildman–Crippen LogP) is 3.73. The molecule has 1 heteroatoms. The molecule has 18 heavy (non-hydrogen) atoms. The predicted molar refractivity (Wildman–Crippen MR) is 74.7 cm³/mol. The van der Waals surface area contributed by atoms with Crippen LogP contribution in [0.2, 0.25) is 0 Å². The van der Waals surface area contributed by atoms with Crippen LogP contribution in [0.15, 0.2) is 48.5 Å². The van der Waals surface area contributed by atoms with Crippen LogP contribution in [-0.4, -0.2) is 6.61 Å². The molecule has 2 rings (SSSR count). The Labute approximate surface area is 108 Å². The third kappa shape index (κ3) is 3.15. The number of ether oxygens (including phenoxy) is 1. The summed E-state index contributed by atoms with van der Waals surface area (Å²) in [5.41, 5.74) is 3.53. The zero-order chi connectivity index (χ0) is 12.8.